The van der Waals surface area contributed by atoms with E-state index in [4.69, 9.17) is 5.11 Å². The molecule has 0 aliphatic heterocycles. The molecular formula is C11H17NO3S. The molecule has 0 bridgehead atoms. The molecule has 0 amide bonds. The Kier molecular flexibility index (Phi) is 4.32. The van der Waals surface area contributed by atoms with Gasteiger partial charge in [-0.05, 0) is 18.1 Å². The van der Waals surface area contributed by atoms with E-state index >= 15 is 0 Å². The van der Waals surface area contributed by atoms with Crippen molar-refractivity contribution in [2.75, 3.05) is 23.7 Å². The van der Waals surface area contributed by atoms with Crippen molar-refractivity contribution in [3.63, 3.8) is 0 Å². The second-order valence-corrected chi connectivity index (χ2v) is 5.91. The summed E-state index contributed by atoms with van der Waals surface area (Å²) in [4.78, 5) is 0. The van der Waals surface area contributed by atoms with Crippen molar-refractivity contribution in [1.82, 2.24) is 0 Å². The van der Waals surface area contributed by atoms with Gasteiger partial charge in [0.05, 0.1) is 11.4 Å². The van der Waals surface area contributed by atoms with Crippen LogP contribution in [-0.2, 0) is 10.0 Å². The molecule has 16 heavy (non-hydrogen) atoms. The van der Waals surface area contributed by atoms with Crippen LogP contribution in [0.2, 0.25) is 0 Å². The molecule has 0 saturated heterocycles. The van der Waals surface area contributed by atoms with E-state index in [9.17, 15) is 8.42 Å². The lowest BCUT2D eigenvalue weighted by Gasteiger charge is -2.20. The lowest BCUT2D eigenvalue weighted by molar-refractivity contribution is 0.249. The Morgan fingerprint density at radius 1 is 1.31 bits per heavy atom. The molecule has 0 spiro atoms. The Labute approximate surface area is 96.6 Å². The average molecular weight is 243 g/mol. The van der Waals surface area contributed by atoms with Crippen LogP contribution in [-0.4, -0.2) is 32.9 Å². The van der Waals surface area contributed by atoms with Gasteiger partial charge in [0.1, 0.15) is 0 Å². The summed E-state index contributed by atoms with van der Waals surface area (Å²) in [5, 5.41) is 8.87. The normalized spacial score (nSPS) is 13.4. The van der Waals surface area contributed by atoms with Crippen LogP contribution in [0.25, 0.3) is 0 Å². The van der Waals surface area contributed by atoms with Gasteiger partial charge >= 0.3 is 0 Å². The van der Waals surface area contributed by atoms with Gasteiger partial charge in [0.25, 0.3) is 0 Å². The van der Waals surface area contributed by atoms with Gasteiger partial charge in [-0.3, -0.25) is 4.31 Å². The van der Waals surface area contributed by atoms with E-state index in [2.05, 4.69) is 0 Å². The van der Waals surface area contributed by atoms with E-state index in [1.807, 2.05) is 6.07 Å². The number of anilines is 1. The van der Waals surface area contributed by atoms with E-state index < -0.39 is 10.0 Å². The molecule has 1 unspecified atom stereocenters. The third kappa shape index (κ3) is 3.21. The van der Waals surface area contributed by atoms with E-state index in [0.717, 1.165) is 0 Å². The predicted octanol–water partition coefficient (Wildman–Crippen LogP) is 1.08. The SMILES string of the molecule is CC(CO)CS(=O)(=O)N(C)c1ccccc1. The van der Waals surface area contributed by atoms with Crippen molar-refractivity contribution in [2.24, 2.45) is 5.92 Å². The van der Waals surface area contributed by atoms with Gasteiger partial charge < -0.3 is 5.11 Å². The van der Waals surface area contributed by atoms with Crippen LogP contribution in [0.4, 0.5) is 5.69 Å². The number of nitrogens with zero attached hydrogens (tertiary/aromatic N) is 1. The zero-order chi connectivity index (χ0) is 12.2. The lowest BCUT2D eigenvalue weighted by Crippen LogP contribution is -2.32. The fourth-order valence-corrected chi connectivity index (χ4v) is 2.81. The smallest absolute Gasteiger partial charge is 0.235 e. The molecule has 0 heterocycles. The highest BCUT2D eigenvalue weighted by atomic mass is 32.2. The van der Waals surface area contributed by atoms with E-state index in [1.165, 1.54) is 11.4 Å². The second-order valence-electron chi connectivity index (χ2n) is 3.87. The van der Waals surface area contributed by atoms with Crippen molar-refractivity contribution in [1.29, 1.82) is 0 Å². The number of rotatable bonds is 5. The summed E-state index contributed by atoms with van der Waals surface area (Å²) in [5.41, 5.74) is 0.632. The largest absolute Gasteiger partial charge is 0.396 e. The Morgan fingerprint density at radius 3 is 2.38 bits per heavy atom. The second kappa shape index (κ2) is 5.32. The Hall–Kier alpha value is -1.07. The fraction of sp³-hybridized carbons (Fsp3) is 0.455. The molecule has 1 aromatic rings. The van der Waals surface area contributed by atoms with E-state index in [0.29, 0.717) is 5.69 Å². The van der Waals surface area contributed by atoms with Crippen molar-refractivity contribution in [2.45, 2.75) is 6.92 Å². The zero-order valence-corrected chi connectivity index (χ0v) is 10.3. The molecule has 0 radical (unpaired) electrons. The predicted molar refractivity (Wildman–Crippen MR) is 64.9 cm³/mol. The maximum Gasteiger partial charge on any atom is 0.235 e. The Morgan fingerprint density at radius 2 is 1.88 bits per heavy atom. The molecule has 0 aliphatic rings. The number of para-hydroxylation sites is 1. The van der Waals surface area contributed by atoms with Crippen LogP contribution in [0.1, 0.15) is 6.92 Å². The highest BCUT2D eigenvalue weighted by Crippen LogP contribution is 2.16. The highest BCUT2D eigenvalue weighted by Gasteiger charge is 2.20. The van der Waals surface area contributed by atoms with Crippen LogP contribution in [0.15, 0.2) is 30.3 Å². The third-order valence-corrected chi connectivity index (χ3v) is 4.38. The van der Waals surface area contributed by atoms with Crippen molar-refractivity contribution < 1.29 is 13.5 Å². The summed E-state index contributed by atoms with van der Waals surface area (Å²) >= 11 is 0. The Bertz CT molecular complexity index is 416. The summed E-state index contributed by atoms with van der Waals surface area (Å²) in [6.07, 6.45) is 0. The van der Waals surface area contributed by atoms with E-state index in [1.54, 1.807) is 31.2 Å². The maximum atomic E-state index is 11.9. The standard InChI is InChI=1S/C11H17NO3S/c1-10(8-13)9-16(14,15)12(2)11-6-4-3-5-7-11/h3-7,10,13H,8-9H2,1-2H3. The lowest BCUT2D eigenvalue weighted by atomic mass is 10.2. The molecule has 0 aromatic heterocycles. The molecule has 4 nitrogen and oxygen atoms in total. The van der Waals surface area contributed by atoms with Gasteiger partial charge in [0.15, 0.2) is 0 Å². The molecule has 0 aliphatic carbocycles. The van der Waals surface area contributed by atoms with Gasteiger partial charge in [-0.1, -0.05) is 25.1 Å². The zero-order valence-electron chi connectivity index (χ0n) is 9.50. The molecule has 1 atom stereocenters. The molecule has 1 aromatic carbocycles. The first-order valence-electron chi connectivity index (χ1n) is 5.10. The molecule has 0 saturated carbocycles. The molecule has 0 fully saturated rings. The van der Waals surface area contributed by atoms with Crippen molar-refractivity contribution in [3.8, 4) is 0 Å². The fourth-order valence-electron chi connectivity index (χ4n) is 1.32. The van der Waals surface area contributed by atoms with Crippen LogP contribution in [0.5, 0.6) is 0 Å². The Balaban J connectivity index is 2.85. The first-order chi connectivity index (χ1) is 7.47. The summed E-state index contributed by atoms with van der Waals surface area (Å²) in [7, 11) is -1.83. The monoisotopic (exact) mass is 243 g/mol. The number of aliphatic hydroxyl groups is 1. The molecule has 90 valence electrons. The van der Waals surface area contributed by atoms with Gasteiger partial charge in [0.2, 0.25) is 10.0 Å². The topological polar surface area (TPSA) is 57.6 Å². The minimum Gasteiger partial charge on any atom is -0.396 e. The van der Waals surface area contributed by atoms with Gasteiger partial charge in [0, 0.05) is 13.7 Å². The van der Waals surface area contributed by atoms with Gasteiger partial charge in [-0.15, -0.1) is 0 Å². The molecule has 5 heteroatoms. The average Bonchev–Trinajstić information content (AvgIpc) is 2.28. The summed E-state index contributed by atoms with van der Waals surface area (Å²) < 4.78 is 25.1. The van der Waals surface area contributed by atoms with E-state index in [-0.39, 0.29) is 18.3 Å². The summed E-state index contributed by atoms with van der Waals surface area (Å²) in [6.45, 7) is 1.58. The third-order valence-electron chi connectivity index (χ3n) is 2.34. The van der Waals surface area contributed by atoms with Gasteiger partial charge in [-0.25, -0.2) is 8.42 Å². The first-order valence-corrected chi connectivity index (χ1v) is 6.71. The van der Waals surface area contributed by atoms with Crippen LogP contribution < -0.4 is 4.31 Å². The summed E-state index contributed by atoms with van der Waals surface area (Å²) in [6, 6.07) is 8.89. The van der Waals surface area contributed by atoms with Crippen molar-refractivity contribution >= 4 is 15.7 Å². The minimum atomic E-state index is -3.35. The first kappa shape index (κ1) is 13.0. The summed E-state index contributed by atoms with van der Waals surface area (Å²) in [5.74, 6) is -0.300. The quantitative estimate of drug-likeness (QED) is 0.842. The molecule has 1 N–H and O–H groups in total. The highest BCUT2D eigenvalue weighted by molar-refractivity contribution is 7.92. The van der Waals surface area contributed by atoms with Crippen LogP contribution >= 0.6 is 0 Å². The number of hydrogen-bond acceptors (Lipinski definition) is 3. The van der Waals surface area contributed by atoms with Crippen molar-refractivity contribution in [3.05, 3.63) is 30.3 Å². The number of benzene rings is 1. The minimum absolute atomic E-state index is 0.0467. The molecule has 1 rings (SSSR count). The maximum absolute atomic E-state index is 11.9. The van der Waals surface area contributed by atoms with Crippen LogP contribution in [0.3, 0.4) is 0 Å². The number of sulfonamides is 1. The van der Waals surface area contributed by atoms with Crippen LogP contribution in [0, 0.1) is 5.92 Å². The van der Waals surface area contributed by atoms with Gasteiger partial charge in [-0.2, -0.15) is 0 Å². The molecular weight excluding hydrogens is 226 g/mol. The number of aliphatic hydroxyl groups excluding tert-OH is 1. The number of hydrogen-bond donors (Lipinski definition) is 1.